The van der Waals surface area contributed by atoms with E-state index in [9.17, 15) is 25.2 Å². The minimum Gasteiger partial charge on any atom is -0.458 e. The Morgan fingerprint density at radius 3 is 2.54 bits per heavy atom. The minimum atomic E-state index is -1.09. The van der Waals surface area contributed by atoms with Crippen molar-refractivity contribution in [3.05, 3.63) is 11.6 Å². The molecular weight excluding hydrogens is 504 g/mol. The van der Waals surface area contributed by atoms with Crippen LogP contribution in [0.3, 0.4) is 0 Å². The average molecular weight is 551 g/mol. The number of carbonyl (C=O) groups is 1. The van der Waals surface area contributed by atoms with Gasteiger partial charge in [-0.1, -0.05) is 6.92 Å². The molecule has 0 spiro atoms. The van der Waals surface area contributed by atoms with Gasteiger partial charge in [-0.2, -0.15) is 0 Å². The van der Waals surface area contributed by atoms with Crippen LogP contribution < -0.4 is 0 Å². The van der Waals surface area contributed by atoms with Crippen LogP contribution in [0.5, 0.6) is 0 Å². The van der Waals surface area contributed by atoms with E-state index in [0.717, 1.165) is 63.4 Å². The smallest absolute Gasteiger partial charge is 0.331 e. The fraction of sp³-hybridized carbons (Fsp3) is 0.900. The van der Waals surface area contributed by atoms with Gasteiger partial charge in [-0.05, 0) is 99.4 Å². The molecule has 6 aliphatic rings. The quantitative estimate of drug-likeness (QED) is 0.300. The average Bonchev–Trinajstić information content (AvgIpc) is 3.47. The van der Waals surface area contributed by atoms with E-state index in [2.05, 4.69) is 6.92 Å². The van der Waals surface area contributed by atoms with Gasteiger partial charge in [0, 0.05) is 25.2 Å². The van der Waals surface area contributed by atoms with Crippen molar-refractivity contribution in [1.82, 2.24) is 0 Å². The van der Waals surface area contributed by atoms with Gasteiger partial charge < -0.3 is 39.4 Å². The fourth-order valence-electron chi connectivity index (χ4n) is 10.2. The summed E-state index contributed by atoms with van der Waals surface area (Å²) in [5.74, 6) is 0.498. The molecule has 0 radical (unpaired) electrons. The number of methoxy groups -OCH3 is 1. The molecule has 0 bridgehead atoms. The molecular formula is C30H46O9. The molecule has 4 saturated carbocycles. The molecule has 9 heteroatoms. The van der Waals surface area contributed by atoms with E-state index in [-0.39, 0.29) is 53.2 Å². The summed E-state index contributed by atoms with van der Waals surface area (Å²) in [6.07, 6.45) is 4.91. The first-order valence-electron chi connectivity index (χ1n) is 15.0. The van der Waals surface area contributed by atoms with Crippen LogP contribution in [0, 0.1) is 34.5 Å². The molecule has 39 heavy (non-hydrogen) atoms. The number of hydrogen-bond acceptors (Lipinski definition) is 9. The number of rotatable bonds is 5. The summed E-state index contributed by atoms with van der Waals surface area (Å²) in [7, 11) is 1.47. The predicted molar refractivity (Wildman–Crippen MR) is 139 cm³/mol. The number of ether oxygens (including phenoxy) is 4. The summed E-state index contributed by atoms with van der Waals surface area (Å²) in [4.78, 5) is 11.8. The van der Waals surface area contributed by atoms with Gasteiger partial charge in [-0.15, -0.1) is 0 Å². The number of fused-ring (bicyclic) bond motifs is 5. The number of aliphatic hydroxyl groups excluding tert-OH is 3. The van der Waals surface area contributed by atoms with Crippen molar-refractivity contribution < 1.29 is 44.2 Å². The van der Waals surface area contributed by atoms with Gasteiger partial charge in [0.15, 0.2) is 6.29 Å². The highest BCUT2D eigenvalue weighted by Crippen LogP contribution is 2.70. The van der Waals surface area contributed by atoms with Gasteiger partial charge >= 0.3 is 5.97 Å². The third kappa shape index (κ3) is 4.09. The van der Waals surface area contributed by atoms with E-state index in [1.54, 1.807) is 13.0 Å². The van der Waals surface area contributed by atoms with Crippen molar-refractivity contribution >= 4 is 5.97 Å². The molecule has 4 N–H and O–H groups in total. The Hall–Kier alpha value is -1.07. The van der Waals surface area contributed by atoms with Crippen LogP contribution >= 0.6 is 0 Å². The SMILES string of the molecule is COC1C(O)C(C)OC(OC2CCC3(CO)C(CCC4C3CCC3(C)C(C5=CC(=O)OC5)CCC43O)C2)C1O. The van der Waals surface area contributed by atoms with E-state index < -0.39 is 36.3 Å². The lowest BCUT2D eigenvalue weighted by Crippen LogP contribution is -2.64. The van der Waals surface area contributed by atoms with Crippen molar-refractivity contribution in [3.63, 3.8) is 0 Å². The Bertz CT molecular complexity index is 985. The molecule has 9 nitrogen and oxygen atoms in total. The zero-order valence-electron chi connectivity index (χ0n) is 23.5. The molecule has 0 aromatic rings. The second kappa shape index (κ2) is 10.0. The number of aliphatic hydroxyl groups is 4. The van der Waals surface area contributed by atoms with Crippen LogP contribution in [0.25, 0.3) is 0 Å². The maximum atomic E-state index is 12.4. The van der Waals surface area contributed by atoms with Crippen LogP contribution in [0.4, 0.5) is 0 Å². The summed E-state index contributed by atoms with van der Waals surface area (Å²) in [5, 5.41) is 44.4. The number of carbonyl (C=O) groups excluding carboxylic acids is 1. The monoisotopic (exact) mass is 550 g/mol. The fourth-order valence-corrected chi connectivity index (χ4v) is 10.2. The second-order valence-corrected chi connectivity index (χ2v) is 13.6. The van der Waals surface area contributed by atoms with Crippen molar-refractivity contribution in [2.24, 2.45) is 34.5 Å². The normalized spacial score (nSPS) is 53.4. The Morgan fingerprint density at radius 1 is 1.05 bits per heavy atom. The predicted octanol–water partition coefficient (Wildman–Crippen LogP) is 2.08. The highest BCUT2D eigenvalue weighted by atomic mass is 16.7. The summed E-state index contributed by atoms with van der Waals surface area (Å²) in [6, 6.07) is 0. The molecule has 220 valence electrons. The van der Waals surface area contributed by atoms with Crippen LogP contribution in [-0.4, -0.2) is 89.1 Å². The van der Waals surface area contributed by atoms with Crippen LogP contribution in [0.1, 0.15) is 71.6 Å². The zero-order chi connectivity index (χ0) is 27.7. The van der Waals surface area contributed by atoms with Crippen LogP contribution in [-0.2, 0) is 23.7 Å². The van der Waals surface area contributed by atoms with Crippen LogP contribution in [0.2, 0.25) is 0 Å². The topological polar surface area (TPSA) is 135 Å². The molecule has 4 aliphatic carbocycles. The van der Waals surface area contributed by atoms with Gasteiger partial charge in [0.25, 0.3) is 0 Å². The highest BCUT2D eigenvalue weighted by Gasteiger charge is 2.68. The van der Waals surface area contributed by atoms with Crippen molar-refractivity contribution in [3.8, 4) is 0 Å². The Labute approximate surface area is 230 Å². The summed E-state index contributed by atoms with van der Waals surface area (Å²) in [6.45, 7) is 4.41. The molecule has 13 unspecified atom stereocenters. The van der Waals surface area contributed by atoms with Gasteiger partial charge in [-0.25, -0.2) is 4.79 Å². The van der Waals surface area contributed by atoms with E-state index in [4.69, 9.17) is 18.9 Å². The number of esters is 1. The van der Waals surface area contributed by atoms with Crippen molar-refractivity contribution in [2.75, 3.05) is 20.3 Å². The largest absolute Gasteiger partial charge is 0.458 e. The summed E-state index contributed by atoms with van der Waals surface area (Å²) < 4.78 is 22.7. The maximum Gasteiger partial charge on any atom is 0.331 e. The summed E-state index contributed by atoms with van der Waals surface area (Å²) >= 11 is 0. The molecule has 6 rings (SSSR count). The van der Waals surface area contributed by atoms with Crippen molar-refractivity contribution in [2.45, 2.75) is 114 Å². The third-order valence-corrected chi connectivity index (χ3v) is 12.3. The number of hydrogen-bond donors (Lipinski definition) is 4. The van der Waals surface area contributed by atoms with Crippen molar-refractivity contribution in [1.29, 1.82) is 0 Å². The lowest BCUT2D eigenvalue weighted by atomic mass is 9.43. The van der Waals surface area contributed by atoms with Crippen LogP contribution in [0.15, 0.2) is 11.6 Å². The Balaban J connectivity index is 1.18. The van der Waals surface area contributed by atoms with E-state index in [0.29, 0.717) is 6.61 Å². The van der Waals surface area contributed by atoms with E-state index >= 15 is 0 Å². The second-order valence-electron chi connectivity index (χ2n) is 13.6. The first-order valence-corrected chi connectivity index (χ1v) is 15.0. The molecule has 5 fully saturated rings. The third-order valence-electron chi connectivity index (χ3n) is 12.3. The highest BCUT2D eigenvalue weighted by molar-refractivity contribution is 5.85. The lowest BCUT2D eigenvalue weighted by molar-refractivity contribution is -0.314. The number of cyclic esters (lactones) is 1. The zero-order valence-corrected chi connectivity index (χ0v) is 23.5. The molecule has 0 aromatic heterocycles. The van der Waals surface area contributed by atoms with E-state index in [1.807, 2.05) is 0 Å². The van der Waals surface area contributed by atoms with Gasteiger partial charge in [0.2, 0.25) is 0 Å². The first kappa shape index (κ1) is 28.1. The van der Waals surface area contributed by atoms with E-state index in [1.165, 1.54) is 7.11 Å². The molecule has 2 aliphatic heterocycles. The molecule has 2 heterocycles. The molecule has 0 amide bonds. The summed E-state index contributed by atoms with van der Waals surface area (Å²) in [5.41, 5.74) is -0.343. The Morgan fingerprint density at radius 2 is 1.85 bits per heavy atom. The maximum absolute atomic E-state index is 12.4. The Kier molecular flexibility index (Phi) is 7.22. The minimum absolute atomic E-state index is 0.104. The van der Waals surface area contributed by atoms with Gasteiger partial charge in [-0.3, -0.25) is 0 Å². The van der Waals surface area contributed by atoms with Gasteiger partial charge in [0.05, 0.1) is 17.8 Å². The standard InChI is InChI=1S/C30H46O9/c1-16-24(33)26(36-3)25(34)27(38-16)39-19-6-10-29(15-31)18(13-19)4-5-22-21(29)7-9-28(2)20(8-11-30(22,28)35)17-12-23(32)37-14-17/h12,16,18-22,24-27,31,33-35H,4-11,13-15H2,1-3H3. The lowest BCUT2D eigenvalue weighted by Gasteiger charge is -2.64. The van der Waals surface area contributed by atoms with Gasteiger partial charge in [0.1, 0.15) is 24.9 Å². The molecule has 13 atom stereocenters. The first-order chi connectivity index (χ1) is 18.6. The molecule has 0 aromatic carbocycles. The molecule has 1 saturated heterocycles.